The molecule has 0 radical (unpaired) electrons. The lowest BCUT2D eigenvalue weighted by Gasteiger charge is -2.26. The highest BCUT2D eigenvalue weighted by Gasteiger charge is 2.21. The van der Waals surface area contributed by atoms with E-state index >= 15 is 0 Å². The Morgan fingerprint density at radius 3 is 2.96 bits per heavy atom. The second kappa shape index (κ2) is 8.35. The van der Waals surface area contributed by atoms with Crippen molar-refractivity contribution in [2.24, 2.45) is 10.7 Å². The Morgan fingerprint density at radius 2 is 2.17 bits per heavy atom. The molecule has 2 heterocycles. The summed E-state index contributed by atoms with van der Waals surface area (Å²) in [4.78, 5) is 8.52. The second-order valence-corrected chi connectivity index (χ2v) is 5.48. The van der Waals surface area contributed by atoms with Crippen molar-refractivity contribution in [1.82, 2.24) is 10.3 Å². The van der Waals surface area contributed by atoms with E-state index in [-0.39, 0.29) is 30.0 Å². The number of guanidine groups is 1. The maximum atomic E-state index is 5.98. The van der Waals surface area contributed by atoms with Gasteiger partial charge in [0.05, 0.1) is 29.9 Å². The highest BCUT2D eigenvalue weighted by Crippen LogP contribution is 2.31. The number of rotatable bonds is 3. The molecule has 0 amide bonds. The number of fused-ring (bicyclic) bond motifs is 1. The van der Waals surface area contributed by atoms with Gasteiger partial charge in [-0.25, -0.2) is 4.99 Å². The van der Waals surface area contributed by atoms with Crippen LogP contribution in [-0.2, 0) is 6.54 Å². The highest BCUT2D eigenvalue weighted by atomic mass is 127. The summed E-state index contributed by atoms with van der Waals surface area (Å²) in [5.41, 5.74) is 7.91. The third-order valence-electron chi connectivity index (χ3n) is 3.48. The van der Waals surface area contributed by atoms with Gasteiger partial charge in [0.1, 0.15) is 5.75 Å². The zero-order valence-electron chi connectivity index (χ0n) is 12.4. The predicted octanol–water partition coefficient (Wildman–Crippen LogP) is 3.28. The lowest BCUT2D eigenvalue weighted by molar-refractivity contribution is 0.262. The zero-order valence-corrected chi connectivity index (χ0v) is 15.5. The van der Waals surface area contributed by atoms with Crippen LogP contribution >= 0.6 is 35.6 Å². The molecule has 1 aliphatic rings. The molecule has 1 aliphatic heterocycles. The number of aliphatic imine (C=N–C) groups is 1. The van der Waals surface area contributed by atoms with Gasteiger partial charge >= 0.3 is 0 Å². The Labute approximate surface area is 157 Å². The van der Waals surface area contributed by atoms with Crippen LogP contribution in [-0.4, -0.2) is 17.6 Å². The Bertz CT molecular complexity index is 678. The number of hydrogen-bond acceptors (Lipinski definition) is 3. The second-order valence-electron chi connectivity index (χ2n) is 5.04. The fourth-order valence-electron chi connectivity index (χ4n) is 2.38. The van der Waals surface area contributed by atoms with Crippen LogP contribution in [0.1, 0.15) is 23.7 Å². The Kier molecular flexibility index (Phi) is 6.47. The van der Waals surface area contributed by atoms with Crippen LogP contribution in [0.15, 0.2) is 47.6 Å². The van der Waals surface area contributed by atoms with Gasteiger partial charge in [-0.15, -0.1) is 24.0 Å². The van der Waals surface area contributed by atoms with Gasteiger partial charge in [0, 0.05) is 18.2 Å². The largest absolute Gasteiger partial charge is 0.493 e. The quantitative estimate of drug-likeness (QED) is 0.433. The van der Waals surface area contributed by atoms with Crippen molar-refractivity contribution < 1.29 is 4.74 Å². The number of nitrogens with zero attached hydrogens (tertiary/aromatic N) is 2. The molecule has 1 aromatic carbocycles. The molecular weight excluding hydrogens is 427 g/mol. The van der Waals surface area contributed by atoms with Crippen LogP contribution in [0.2, 0.25) is 5.02 Å². The lowest BCUT2D eigenvalue weighted by Crippen LogP contribution is -2.37. The number of hydrogen-bond donors (Lipinski definition) is 2. The van der Waals surface area contributed by atoms with E-state index in [2.05, 4.69) is 15.3 Å². The van der Waals surface area contributed by atoms with Crippen LogP contribution in [0, 0.1) is 0 Å². The van der Waals surface area contributed by atoms with Crippen LogP contribution in [0.3, 0.4) is 0 Å². The van der Waals surface area contributed by atoms with Gasteiger partial charge in [0.15, 0.2) is 5.96 Å². The predicted molar refractivity (Wildman–Crippen MR) is 102 cm³/mol. The maximum absolute atomic E-state index is 5.98. The van der Waals surface area contributed by atoms with Crippen molar-refractivity contribution in [3.63, 3.8) is 0 Å². The SMILES string of the molecule is I.NC(=NCc1ccc(Cl)cn1)NC1CCOc2ccccc21. The summed E-state index contributed by atoms with van der Waals surface area (Å²) in [7, 11) is 0. The topological polar surface area (TPSA) is 72.5 Å². The first-order valence-corrected chi connectivity index (χ1v) is 7.49. The van der Waals surface area contributed by atoms with Crippen molar-refractivity contribution in [1.29, 1.82) is 0 Å². The van der Waals surface area contributed by atoms with Gasteiger partial charge in [-0.3, -0.25) is 4.98 Å². The summed E-state index contributed by atoms with van der Waals surface area (Å²) in [6.45, 7) is 1.08. The smallest absolute Gasteiger partial charge is 0.189 e. The molecule has 3 N–H and O–H groups in total. The van der Waals surface area contributed by atoms with Gasteiger partial charge in [-0.05, 0) is 18.2 Å². The molecule has 0 aliphatic carbocycles. The fourth-order valence-corrected chi connectivity index (χ4v) is 2.49. The zero-order chi connectivity index (χ0) is 15.4. The maximum Gasteiger partial charge on any atom is 0.189 e. The lowest BCUT2D eigenvalue weighted by atomic mass is 10.0. The Hall–Kier alpha value is -1.54. The van der Waals surface area contributed by atoms with E-state index in [9.17, 15) is 0 Å². The van der Waals surface area contributed by atoms with E-state index < -0.39 is 0 Å². The van der Waals surface area contributed by atoms with Crippen molar-refractivity contribution in [2.45, 2.75) is 19.0 Å². The molecule has 0 bridgehead atoms. The van der Waals surface area contributed by atoms with E-state index in [4.69, 9.17) is 22.1 Å². The van der Waals surface area contributed by atoms with Crippen LogP contribution in [0.4, 0.5) is 0 Å². The van der Waals surface area contributed by atoms with E-state index in [1.807, 2.05) is 30.3 Å². The first kappa shape index (κ1) is 17.8. The molecule has 122 valence electrons. The number of nitrogens with two attached hydrogens (primary N) is 1. The highest BCUT2D eigenvalue weighted by molar-refractivity contribution is 14.0. The van der Waals surface area contributed by atoms with Gasteiger partial charge < -0.3 is 15.8 Å². The van der Waals surface area contributed by atoms with Crippen molar-refractivity contribution in [3.05, 3.63) is 58.9 Å². The minimum absolute atomic E-state index is 0. The van der Waals surface area contributed by atoms with E-state index in [1.165, 1.54) is 0 Å². The molecule has 0 saturated carbocycles. The normalized spacial score (nSPS) is 16.7. The minimum Gasteiger partial charge on any atom is -0.493 e. The standard InChI is InChI=1S/C16H17ClN4O.HI/c17-11-5-6-12(19-9-11)10-20-16(18)21-14-7-8-22-15-4-2-1-3-13(14)15;/h1-6,9,14H,7-8,10H2,(H3,18,20,21);1H. The average molecular weight is 445 g/mol. The Balaban J connectivity index is 0.00000192. The summed E-state index contributed by atoms with van der Waals surface area (Å²) in [6, 6.07) is 11.7. The van der Waals surface area contributed by atoms with Crippen molar-refractivity contribution in [2.75, 3.05) is 6.61 Å². The average Bonchev–Trinajstić information content (AvgIpc) is 2.55. The summed E-state index contributed by atoms with van der Waals surface area (Å²) in [5.74, 6) is 1.30. The van der Waals surface area contributed by atoms with Crippen LogP contribution in [0.5, 0.6) is 5.75 Å². The molecule has 0 saturated heterocycles. The third kappa shape index (κ3) is 4.71. The van der Waals surface area contributed by atoms with E-state index in [1.54, 1.807) is 12.3 Å². The molecule has 1 aromatic heterocycles. The first-order valence-electron chi connectivity index (χ1n) is 7.11. The van der Waals surface area contributed by atoms with Crippen molar-refractivity contribution >= 4 is 41.5 Å². The number of para-hydroxylation sites is 1. The number of pyridine rings is 1. The van der Waals surface area contributed by atoms with Crippen molar-refractivity contribution in [3.8, 4) is 5.75 Å². The number of benzene rings is 1. The van der Waals surface area contributed by atoms with Gasteiger partial charge in [-0.1, -0.05) is 29.8 Å². The van der Waals surface area contributed by atoms with Gasteiger partial charge in [0.25, 0.3) is 0 Å². The fraction of sp³-hybridized carbons (Fsp3) is 0.250. The molecule has 23 heavy (non-hydrogen) atoms. The summed E-state index contributed by atoms with van der Waals surface area (Å²) < 4.78 is 5.63. The molecular formula is C16H18ClIN4O. The summed E-state index contributed by atoms with van der Waals surface area (Å²) in [6.07, 6.45) is 2.46. The number of aromatic nitrogens is 1. The molecule has 7 heteroatoms. The molecule has 0 spiro atoms. The molecule has 1 unspecified atom stereocenters. The molecule has 5 nitrogen and oxygen atoms in total. The minimum atomic E-state index is 0. The van der Waals surface area contributed by atoms with E-state index in [0.717, 1.165) is 23.4 Å². The number of ether oxygens (including phenoxy) is 1. The molecule has 3 rings (SSSR count). The molecule has 1 atom stereocenters. The van der Waals surface area contributed by atoms with Crippen LogP contribution in [0.25, 0.3) is 0 Å². The van der Waals surface area contributed by atoms with Gasteiger partial charge in [-0.2, -0.15) is 0 Å². The Morgan fingerprint density at radius 1 is 1.35 bits per heavy atom. The van der Waals surface area contributed by atoms with Crippen LogP contribution < -0.4 is 15.8 Å². The summed E-state index contributed by atoms with van der Waals surface area (Å²) >= 11 is 5.80. The monoisotopic (exact) mass is 444 g/mol. The van der Waals surface area contributed by atoms with Gasteiger partial charge in [0.2, 0.25) is 0 Å². The molecule has 2 aromatic rings. The number of nitrogens with one attached hydrogen (secondary N) is 1. The third-order valence-corrected chi connectivity index (χ3v) is 3.70. The molecule has 0 fully saturated rings. The first-order chi connectivity index (χ1) is 10.7. The van der Waals surface area contributed by atoms with E-state index in [0.29, 0.717) is 24.1 Å². The number of halogens is 2. The summed E-state index contributed by atoms with van der Waals surface area (Å²) in [5, 5.41) is 3.86.